The summed E-state index contributed by atoms with van der Waals surface area (Å²) in [7, 11) is 0. The molecule has 0 fully saturated rings. The van der Waals surface area contributed by atoms with E-state index >= 15 is 0 Å². The predicted octanol–water partition coefficient (Wildman–Crippen LogP) is 4.40. The second-order valence-electron chi connectivity index (χ2n) is 7.61. The van der Waals surface area contributed by atoms with Crippen LogP contribution in [0.25, 0.3) is 0 Å². The normalized spacial score (nSPS) is 11.8. The third kappa shape index (κ3) is 6.59. The Balaban J connectivity index is 1.92. The molecule has 7 heteroatoms. The van der Waals surface area contributed by atoms with Crippen LogP contribution in [0.3, 0.4) is 0 Å². The van der Waals surface area contributed by atoms with Gasteiger partial charge in [0.2, 0.25) is 0 Å². The van der Waals surface area contributed by atoms with Crippen LogP contribution < -0.4 is 10.6 Å². The summed E-state index contributed by atoms with van der Waals surface area (Å²) in [5.41, 5.74) is 2.04. The summed E-state index contributed by atoms with van der Waals surface area (Å²) in [5.74, 6) is -1.47. The molecule has 1 unspecified atom stereocenters. The smallest absolute Gasteiger partial charge is 0.329 e. The van der Waals surface area contributed by atoms with Crippen LogP contribution in [-0.2, 0) is 14.3 Å². The Bertz CT molecular complexity index is 894. The van der Waals surface area contributed by atoms with Gasteiger partial charge in [-0.05, 0) is 41.7 Å². The first-order valence-corrected chi connectivity index (χ1v) is 10.2. The number of hydrogen-bond acceptors (Lipinski definition) is 4. The van der Waals surface area contributed by atoms with Gasteiger partial charge in [0.15, 0.2) is 6.61 Å². The lowest BCUT2D eigenvalue weighted by Gasteiger charge is -2.21. The van der Waals surface area contributed by atoms with Gasteiger partial charge in [0.1, 0.15) is 6.04 Å². The van der Waals surface area contributed by atoms with Crippen LogP contribution >= 0.6 is 11.6 Å². The Hall–Kier alpha value is -2.86. The van der Waals surface area contributed by atoms with E-state index < -0.39 is 30.4 Å². The van der Waals surface area contributed by atoms with Crippen molar-refractivity contribution in [1.82, 2.24) is 5.32 Å². The number of carbonyl (C=O) groups is 3. The van der Waals surface area contributed by atoms with Crippen molar-refractivity contribution in [3.05, 3.63) is 64.7 Å². The standard InChI is InChI=1S/C23H27ClN2O4/c1-14(2)16-9-11-17(12-10-16)25-20(27)13-30-23(29)21(15(3)4)26-22(28)18-7-5-6-8-19(18)24/h5-12,14-15,21H,13H2,1-4H3,(H,25,27)(H,26,28). The maximum Gasteiger partial charge on any atom is 0.329 e. The van der Waals surface area contributed by atoms with Gasteiger partial charge in [-0.2, -0.15) is 0 Å². The number of benzene rings is 2. The summed E-state index contributed by atoms with van der Waals surface area (Å²) >= 11 is 6.04. The number of esters is 1. The largest absolute Gasteiger partial charge is 0.454 e. The van der Waals surface area contributed by atoms with Gasteiger partial charge in [-0.15, -0.1) is 0 Å². The van der Waals surface area contributed by atoms with E-state index in [0.29, 0.717) is 11.6 Å². The third-order valence-corrected chi connectivity index (χ3v) is 4.86. The average Bonchev–Trinajstić information content (AvgIpc) is 2.70. The maximum atomic E-state index is 12.5. The molecule has 30 heavy (non-hydrogen) atoms. The number of nitrogens with one attached hydrogen (secondary N) is 2. The summed E-state index contributed by atoms with van der Waals surface area (Å²) in [4.78, 5) is 37.0. The highest BCUT2D eigenvalue weighted by Crippen LogP contribution is 2.17. The number of rotatable bonds is 8. The number of anilines is 1. The maximum absolute atomic E-state index is 12.5. The van der Waals surface area contributed by atoms with Crippen LogP contribution in [-0.4, -0.2) is 30.4 Å². The van der Waals surface area contributed by atoms with Crippen LogP contribution in [0.5, 0.6) is 0 Å². The topological polar surface area (TPSA) is 84.5 Å². The van der Waals surface area contributed by atoms with E-state index in [9.17, 15) is 14.4 Å². The Labute approximate surface area is 182 Å². The lowest BCUT2D eigenvalue weighted by atomic mass is 10.0. The molecule has 0 aliphatic carbocycles. The van der Waals surface area contributed by atoms with E-state index in [1.807, 2.05) is 12.1 Å². The molecule has 160 valence electrons. The molecule has 0 aromatic heterocycles. The molecule has 0 saturated carbocycles. The van der Waals surface area contributed by atoms with E-state index in [1.54, 1.807) is 50.2 Å². The van der Waals surface area contributed by atoms with Crippen molar-refractivity contribution >= 4 is 35.1 Å². The molecule has 0 saturated heterocycles. The molecular formula is C23H27ClN2O4. The summed E-state index contributed by atoms with van der Waals surface area (Å²) < 4.78 is 5.13. The molecule has 2 N–H and O–H groups in total. The molecule has 0 aliphatic rings. The Morgan fingerprint density at radius 2 is 1.60 bits per heavy atom. The van der Waals surface area contributed by atoms with Crippen molar-refractivity contribution in [2.75, 3.05) is 11.9 Å². The quantitative estimate of drug-likeness (QED) is 0.608. The van der Waals surface area contributed by atoms with Gasteiger partial charge in [-0.3, -0.25) is 9.59 Å². The fraction of sp³-hybridized carbons (Fsp3) is 0.348. The van der Waals surface area contributed by atoms with Gasteiger partial charge in [-0.25, -0.2) is 4.79 Å². The number of carbonyl (C=O) groups excluding carboxylic acids is 3. The number of halogens is 1. The van der Waals surface area contributed by atoms with E-state index in [4.69, 9.17) is 16.3 Å². The van der Waals surface area contributed by atoms with Crippen LogP contribution in [0.2, 0.25) is 5.02 Å². The lowest BCUT2D eigenvalue weighted by molar-refractivity contribution is -0.150. The number of ether oxygens (including phenoxy) is 1. The SMILES string of the molecule is CC(C)c1ccc(NC(=O)COC(=O)C(NC(=O)c2ccccc2Cl)C(C)C)cc1. The van der Waals surface area contributed by atoms with Crippen molar-refractivity contribution in [2.24, 2.45) is 5.92 Å². The molecule has 2 aromatic rings. The molecule has 0 radical (unpaired) electrons. The van der Waals surface area contributed by atoms with Gasteiger partial charge in [-0.1, -0.05) is 63.6 Å². The monoisotopic (exact) mass is 430 g/mol. The fourth-order valence-corrected chi connectivity index (χ4v) is 2.96. The average molecular weight is 431 g/mol. The zero-order valence-corrected chi connectivity index (χ0v) is 18.3. The third-order valence-electron chi connectivity index (χ3n) is 4.53. The van der Waals surface area contributed by atoms with Crippen molar-refractivity contribution in [2.45, 2.75) is 39.7 Å². The number of hydrogen-bond donors (Lipinski definition) is 2. The summed E-state index contributed by atoms with van der Waals surface area (Å²) in [6, 6.07) is 13.1. The Morgan fingerprint density at radius 3 is 2.17 bits per heavy atom. The first kappa shape index (κ1) is 23.4. The summed E-state index contributed by atoms with van der Waals surface area (Å²) in [6.45, 7) is 7.27. The first-order valence-electron chi connectivity index (χ1n) is 9.81. The van der Waals surface area contributed by atoms with Gasteiger partial charge >= 0.3 is 5.97 Å². The fourth-order valence-electron chi connectivity index (χ4n) is 2.74. The van der Waals surface area contributed by atoms with Gasteiger partial charge in [0, 0.05) is 5.69 Å². The number of amides is 2. The Morgan fingerprint density at radius 1 is 0.967 bits per heavy atom. The first-order chi connectivity index (χ1) is 14.2. The van der Waals surface area contributed by atoms with Crippen LogP contribution in [0.4, 0.5) is 5.69 Å². The second kappa shape index (κ2) is 10.8. The Kier molecular flexibility index (Phi) is 8.42. The molecule has 6 nitrogen and oxygen atoms in total. The molecule has 0 aliphatic heterocycles. The summed E-state index contributed by atoms with van der Waals surface area (Å²) in [6.07, 6.45) is 0. The van der Waals surface area contributed by atoms with Crippen LogP contribution in [0.15, 0.2) is 48.5 Å². The van der Waals surface area contributed by atoms with E-state index in [2.05, 4.69) is 24.5 Å². The predicted molar refractivity (Wildman–Crippen MR) is 118 cm³/mol. The van der Waals surface area contributed by atoms with Crippen LogP contribution in [0.1, 0.15) is 49.5 Å². The molecular weight excluding hydrogens is 404 g/mol. The zero-order valence-electron chi connectivity index (χ0n) is 17.6. The molecule has 1 atom stereocenters. The van der Waals surface area contributed by atoms with E-state index in [1.165, 1.54) is 0 Å². The zero-order chi connectivity index (χ0) is 22.3. The minimum Gasteiger partial charge on any atom is -0.454 e. The van der Waals surface area contributed by atoms with Crippen molar-refractivity contribution in [3.63, 3.8) is 0 Å². The molecule has 2 aromatic carbocycles. The molecule has 2 rings (SSSR count). The van der Waals surface area contributed by atoms with Gasteiger partial charge < -0.3 is 15.4 Å². The minimum atomic E-state index is -0.910. The lowest BCUT2D eigenvalue weighted by Crippen LogP contribution is -2.46. The second-order valence-corrected chi connectivity index (χ2v) is 8.01. The minimum absolute atomic E-state index is 0.240. The van der Waals surface area contributed by atoms with Crippen molar-refractivity contribution in [1.29, 1.82) is 0 Å². The summed E-state index contributed by atoms with van der Waals surface area (Å²) in [5, 5.41) is 5.60. The van der Waals surface area contributed by atoms with Crippen molar-refractivity contribution in [3.8, 4) is 0 Å². The molecule has 0 heterocycles. The highest BCUT2D eigenvalue weighted by atomic mass is 35.5. The van der Waals surface area contributed by atoms with E-state index in [0.717, 1.165) is 5.56 Å². The molecule has 0 spiro atoms. The highest BCUT2D eigenvalue weighted by Gasteiger charge is 2.27. The van der Waals surface area contributed by atoms with Gasteiger partial charge in [0.05, 0.1) is 10.6 Å². The van der Waals surface area contributed by atoms with Gasteiger partial charge in [0.25, 0.3) is 11.8 Å². The van der Waals surface area contributed by atoms with Crippen molar-refractivity contribution < 1.29 is 19.1 Å². The van der Waals surface area contributed by atoms with Crippen LogP contribution in [0, 0.1) is 5.92 Å². The van der Waals surface area contributed by atoms with E-state index in [-0.39, 0.29) is 16.5 Å². The molecule has 0 bridgehead atoms. The highest BCUT2D eigenvalue weighted by molar-refractivity contribution is 6.33. The molecule has 2 amide bonds.